The summed E-state index contributed by atoms with van der Waals surface area (Å²) in [4.78, 5) is 0. The van der Waals surface area contributed by atoms with Gasteiger partial charge in [0.1, 0.15) is 11.9 Å². The molecule has 0 radical (unpaired) electrons. The molecular formula is C14H18FNO. The number of ether oxygens (including phenoxy) is 1. The Morgan fingerprint density at radius 2 is 2.12 bits per heavy atom. The predicted octanol–water partition coefficient (Wildman–Crippen LogP) is 3.79. The largest absolute Gasteiger partial charge is 0.377 e. The van der Waals surface area contributed by atoms with E-state index in [1.54, 1.807) is 12.1 Å². The summed E-state index contributed by atoms with van der Waals surface area (Å²) in [7, 11) is 0. The minimum absolute atomic E-state index is 0.0806. The number of nitrogens with zero attached hydrogens (tertiary/aromatic N) is 1. The van der Waals surface area contributed by atoms with E-state index in [9.17, 15) is 4.39 Å². The quantitative estimate of drug-likeness (QED) is 0.673. The van der Waals surface area contributed by atoms with E-state index < -0.39 is 5.82 Å². The average Bonchev–Trinajstić information content (AvgIpc) is 2.35. The zero-order valence-corrected chi connectivity index (χ0v) is 10.2. The molecule has 0 heterocycles. The zero-order valence-electron chi connectivity index (χ0n) is 10.2. The molecule has 0 saturated carbocycles. The van der Waals surface area contributed by atoms with Crippen molar-refractivity contribution in [3.8, 4) is 6.07 Å². The Labute approximate surface area is 102 Å². The average molecular weight is 235 g/mol. The van der Waals surface area contributed by atoms with Gasteiger partial charge in [-0.2, -0.15) is 5.26 Å². The normalized spacial score (nSPS) is 10.2. The summed E-state index contributed by atoms with van der Waals surface area (Å²) in [5, 5.41) is 8.68. The molecule has 0 fully saturated rings. The Balaban J connectivity index is 2.35. The number of hydrogen-bond acceptors (Lipinski definition) is 2. The van der Waals surface area contributed by atoms with Crippen molar-refractivity contribution < 1.29 is 9.13 Å². The standard InChI is InChI=1S/C14H18FNO/c1-2-3-4-5-9-17-11-13-8-6-7-12(10-16)14(13)15/h6-8H,2-5,9,11H2,1H3. The van der Waals surface area contributed by atoms with Crippen LogP contribution in [0.15, 0.2) is 18.2 Å². The van der Waals surface area contributed by atoms with E-state index in [0.29, 0.717) is 12.2 Å². The fourth-order valence-electron chi connectivity index (χ4n) is 1.59. The lowest BCUT2D eigenvalue weighted by Crippen LogP contribution is -1.99. The molecular weight excluding hydrogens is 217 g/mol. The van der Waals surface area contributed by atoms with Gasteiger partial charge < -0.3 is 4.74 Å². The summed E-state index contributed by atoms with van der Waals surface area (Å²) >= 11 is 0. The minimum Gasteiger partial charge on any atom is -0.377 e. The molecule has 0 amide bonds. The fourth-order valence-corrected chi connectivity index (χ4v) is 1.59. The molecule has 17 heavy (non-hydrogen) atoms. The van der Waals surface area contributed by atoms with Crippen molar-refractivity contribution in [3.63, 3.8) is 0 Å². The first kappa shape index (κ1) is 13.7. The van der Waals surface area contributed by atoms with E-state index in [-0.39, 0.29) is 12.2 Å². The lowest BCUT2D eigenvalue weighted by atomic mass is 10.1. The van der Waals surface area contributed by atoms with E-state index in [1.165, 1.54) is 18.9 Å². The summed E-state index contributed by atoms with van der Waals surface area (Å²) in [5.74, 6) is -0.455. The molecule has 0 N–H and O–H groups in total. The van der Waals surface area contributed by atoms with Crippen LogP contribution >= 0.6 is 0 Å². The summed E-state index contributed by atoms with van der Waals surface area (Å²) in [6.45, 7) is 3.05. The molecule has 0 aromatic heterocycles. The first-order valence-corrected chi connectivity index (χ1v) is 6.04. The van der Waals surface area contributed by atoms with Crippen LogP contribution in [0, 0.1) is 17.1 Å². The Morgan fingerprint density at radius 1 is 1.29 bits per heavy atom. The molecule has 0 aliphatic carbocycles. The molecule has 3 heteroatoms. The molecule has 92 valence electrons. The van der Waals surface area contributed by atoms with Gasteiger partial charge in [0.2, 0.25) is 0 Å². The minimum atomic E-state index is -0.455. The van der Waals surface area contributed by atoms with Gasteiger partial charge in [-0.3, -0.25) is 0 Å². The van der Waals surface area contributed by atoms with Gasteiger partial charge in [-0.05, 0) is 12.5 Å². The summed E-state index contributed by atoms with van der Waals surface area (Å²) in [6.07, 6.45) is 4.56. The van der Waals surface area contributed by atoms with Crippen molar-refractivity contribution in [3.05, 3.63) is 35.1 Å². The van der Waals surface area contributed by atoms with Gasteiger partial charge in [0, 0.05) is 12.2 Å². The van der Waals surface area contributed by atoms with E-state index >= 15 is 0 Å². The van der Waals surface area contributed by atoms with Crippen LogP contribution in [-0.4, -0.2) is 6.61 Å². The molecule has 0 aliphatic rings. The SMILES string of the molecule is CCCCCCOCc1cccc(C#N)c1F. The topological polar surface area (TPSA) is 33.0 Å². The third kappa shape index (κ3) is 4.54. The van der Waals surface area contributed by atoms with Crippen LogP contribution in [0.4, 0.5) is 4.39 Å². The highest BCUT2D eigenvalue weighted by molar-refractivity contribution is 5.34. The van der Waals surface area contributed by atoms with E-state index in [4.69, 9.17) is 10.00 Å². The maximum atomic E-state index is 13.6. The summed E-state index contributed by atoms with van der Waals surface area (Å²) < 4.78 is 19.0. The van der Waals surface area contributed by atoms with Gasteiger partial charge in [-0.25, -0.2) is 4.39 Å². The molecule has 0 atom stereocenters. The van der Waals surface area contributed by atoms with Gasteiger partial charge in [-0.1, -0.05) is 38.3 Å². The van der Waals surface area contributed by atoms with Crippen LogP contribution in [0.1, 0.15) is 43.7 Å². The van der Waals surface area contributed by atoms with Crippen LogP contribution in [0.3, 0.4) is 0 Å². The highest BCUT2D eigenvalue weighted by Gasteiger charge is 2.06. The van der Waals surface area contributed by atoms with Crippen molar-refractivity contribution in [1.29, 1.82) is 5.26 Å². The van der Waals surface area contributed by atoms with Crippen molar-refractivity contribution in [1.82, 2.24) is 0 Å². The molecule has 2 nitrogen and oxygen atoms in total. The highest BCUT2D eigenvalue weighted by Crippen LogP contribution is 2.13. The second kappa shape index (κ2) is 7.81. The molecule has 0 unspecified atom stereocenters. The monoisotopic (exact) mass is 235 g/mol. The Bertz CT molecular complexity index is 384. The number of hydrogen-bond donors (Lipinski definition) is 0. The maximum absolute atomic E-state index is 13.6. The van der Waals surface area contributed by atoms with Crippen molar-refractivity contribution in [2.24, 2.45) is 0 Å². The van der Waals surface area contributed by atoms with Gasteiger partial charge in [0.15, 0.2) is 0 Å². The second-order valence-corrected chi connectivity index (χ2v) is 4.00. The van der Waals surface area contributed by atoms with Gasteiger partial charge in [0.05, 0.1) is 12.2 Å². The van der Waals surface area contributed by atoms with Crippen LogP contribution in [0.2, 0.25) is 0 Å². The third-order valence-corrected chi connectivity index (χ3v) is 2.60. The number of unbranched alkanes of at least 4 members (excludes halogenated alkanes) is 3. The number of nitriles is 1. The number of rotatable bonds is 7. The zero-order chi connectivity index (χ0) is 12.5. The van der Waals surface area contributed by atoms with Crippen LogP contribution in [0.5, 0.6) is 0 Å². The third-order valence-electron chi connectivity index (χ3n) is 2.60. The first-order valence-electron chi connectivity index (χ1n) is 6.04. The maximum Gasteiger partial charge on any atom is 0.146 e. The molecule has 1 aromatic carbocycles. The van der Waals surface area contributed by atoms with Gasteiger partial charge >= 0.3 is 0 Å². The molecule has 1 rings (SSSR count). The molecule has 0 spiro atoms. The van der Waals surface area contributed by atoms with Crippen molar-refractivity contribution in [2.75, 3.05) is 6.61 Å². The van der Waals surface area contributed by atoms with Crippen LogP contribution in [-0.2, 0) is 11.3 Å². The van der Waals surface area contributed by atoms with Crippen LogP contribution in [0.25, 0.3) is 0 Å². The Morgan fingerprint density at radius 3 is 2.82 bits per heavy atom. The van der Waals surface area contributed by atoms with Crippen LogP contribution < -0.4 is 0 Å². The van der Waals surface area contributed by atoms with Crippen molar-refractivity contribution >= 4 is 0 Å². The lowest BCUT2D eigenvalue weighted by molar-refractivity contribution is 0.114. The molecule has 0 bridgehead atoms. The van der Waals surface area contributed by atoms with E-state index in [0.717, 1.165) is 12.8 Å². The van der Waals surface area contributed by atoms with E-state index in [1.807, 2.05) is 6.07 Å². The molecule has 0 aliphatic heterocycles. The number of halogens is 1. The predicted molar refractivity (Wildman–Crippen MR) is 64.9 cm³/mol. The smallest absolute Gasteiger partial charge is 0.146 e. The molecule has 1 aromatic rings. The second-order valence-electron chi connectivity index (χ2n) is 4.00. The summed E-state index contributed by atoms with van der Waals surface area (Å²) in [5.41, 5.74) is 0.539. The number of benzene rings is 1. The Kier molecular flexibility index (Phi) is 6.27. The molecule has 0 saturated heterocycles. The fraction of sp³-hybridized carbons (Fsp3) is 0.500. The lowest BCUT2D eigenvalue weighted by Gasteiger charge is -2.06. The van der Waals surface area contributed by atoms with Gasteiger partial charge in [0.25, 0.3) is 0 Å². The highest BCUT2D eigenvalue weighted by atomic mass is 19.1. The van der Waals surface area contributed by atoms with Crippen molar-refractivity contribution in [2.45, 2.75) is 39.2 Å². The summed E-state index contributed by atoms with van der Waals surface area (Å²) in [6, 6.07) is 6.63. The Hall–Kier alpha value is -1.40. The van der Waals surface area contributed by atoms with E-state index in [2.05, 4.69) is 6.92 Å². The van der Waals surface area contributed by atoms with Gasteiger partial charge in [-0.15, -0.1) is 0 Å². The first-order chi connectivity index (χ1) is 8.29.